The quantitative estimate of drug-likeness (QED) is 0.302. The second-order valence-electron chi connectivity index (χ2n) is 4.16. The summed E-state index contributed by atoms with van der Waals surface area (Å²) < 4.78 is 10.0. The van der Waals surface area contributed by atoms with Gasteiger partial charge in [-0.05, 0) is 13.3 Å². The first-order valence-electron chi connectivity index (χ1n) is 5.04. The highest BCUT2D eigenvalue weighted by Gasteiger charge is 2.48. The molecule has 15 heavy (non-hydrogen) atoms. The van der Waals surface area contributed by atoms with Gasteiger partial charge in [0.25, 0.3) is 0 Å². The fraction of sp³-hybridized carbons (Fsp3) is 0.583. The molecule has 0 unspecified atom stereocenters. The maximum atomic E-state index is 10.9. The monoisotopic (exact) mass is 210 g/mol. The van der Waals surface area contributed by atoms with Crippen LogP contribution in [0.2, 0.25) is 0 Å². The average molecular weight is 210 g/mol. The summed E-state index contributed by atoms with van der Waals surface area (Å²) in [6, 6.07) is 0. The molecule has 2 atom stereocenters. The minimum absolute atomic E-state index is 0.129. The highest BCUT2D eigenvalue weighted by Crippen LogP contribution is 2.41. The van der Waals surface area contributed by atoms with Gasteiger partial charge in [0.05, 0.1) is 13.7 Å². The minimum Gasteiger partial charge on any atom is -0.466 e. The van der Waals surface area contributed by atoms with Gasteiger partial charge in [0, 0.05) is 12.0 Å². The lowest BCUT2D eigenvalue weighted by Crippen LogP contribution is -2.20. The number of esters is 1. The Bertz CT molecular complexity index is 287. The van der Waals surface area contributed by atoms with E-state index in [4.69, 9.17) is 4.74 Å². The van der Waals surface area contributed by atoms with Crippen molar-refractivity contribution in [3.63, 3.8) is 0 Å². The topological polar surface area (TPSA) is 38.8 Å². The van der Waals surface area contributed by atoms with E-state index in [1.807, 2.05) is 19.9 Å². The molecule has 3 heteroatoms. The molecule has 0 amide bonds. The molecule has 1 heterocycles. The van der Waals surface area contributed by atoms with Crippen molar-refractivity contribution < 1.29 is 14.3 Å². The summed E-state index contributed by atoms with van der Waals surface area (Å²) in [5.41, 5.74) is 0.974. The van der Waals surface area contributed by atoms with Crippen LogP contribution >= 0.6 is 0 Å². The summed E-state index contributed by atoms with van der Waals surface area (Å²) in [6.07, 6.45) is 4.13. The summed E-state index contributed by atoms with van der Waals surface area (Å²) in [7, 11) is 1.37. The predicted molar refractivity (Wildman–Crippen MR) is 58.4 cm³/mol. The molecule has 0 aromatic rings. The molecule has 0 N–H and O–H groups in total. The number of hydrogen-bond donors (Lipinski definition) is 0. The molecule has 0 aliphatic carbocycles. The van der Waals surface area contributed by atoms with Gasteiger partial charge in [0.15, 0.2) is 0 Å². The van der Waals surface area contributed by atoms with Crippen LogP contribution in [0.4, 0.5) is 0 Å². The van der Waals surface area contributed by atoms with Crippen LogP contribution in [0.3, 0.4) is 0 Å². The molecule has 0 aromatic heterocycles. The van der Waals surface area contributed by atoms with Crippen LogP contribution in [0.25, 0.3) is 0 Å². The number of carbonyl (C=O) groups is 1. The summed E-state index contributed by atoms with van der Waals surface area (Å²) in [5, 5.41) is 0. The number of carbonyl (C=O) groups excluding carboxylic acids is 1. The zero-order valence-electron chi connectivity index (χ0n) is 9.58. The first kappa shape index (κ1) is 12.0. The SMILES string of the molecule is C=C(C)C[C@]1([C@H](C)/C=C/C(=O)OC)CO1. The number of ether oxygens (including phenoxy) is 2. The van der Waals surface area contributed by atoms with E-state index < -0.39 is 0 Å². The third-order valence-electron chi connectivity index (χ3n) is 2.67. The first-order valence-corrected chi connectivity index (χ1v) is 5.04. The average Bonchev–Trinajstić information content (AvgIpc) is 2.93. The Balaban J connectivity index is 2.53. The fourth-order valence-electron chi connectivity index (χ4n) is 1.60. The number of rotatable bonds is 5. The lowest BCUT2D eigenvalue weighted by atomic mass is 9.89. The van der Waals surface area contributed by atoms with Crippen molar-refractivity contribution >= 4 is 5.97 Å². The molecule has 1 aliphatic rings. The molecule has 3 nitrogen and oxygen atoms in total. The third-order valence-corrected chi connectivity index (χ3v) is 2.67. The first-order chi connectivity index (χ1) is 7.00. The number of epoxide rings is 1. The zero-order chi connectivity index (χ0) is 11.5. The van der Waals surface area contributed by atoms with Crippen LogP contribution < -0.4 is 0 Å². The number of methoxy groups -OCH3 is 1. The Hall–Kier alpha value is -1.09. The Morgan fingerprint density at radius 2 is 2.33 bits per heavy atom. The van der Waals surface area contributed by atoms with E-state index in [9.17, 15) is 4.79 Å². The van der Waals surface area contributed by atoms with Crippen molar-refractivity contribution in [2.75, 3.05) is 13.7 Å². The highest BCUT2D eigenvalue weighted by molar-refractivity contribution is 5.81. The van der Waals surface area contributed by atoms with E-state index >= 15 is 0 Å². The van der Waals surface area contributed by atoms with Crippen LogP contribution in [-0.2, 0) is 14.3 Å². The fourth-order valence-corrected chi connectivity index (χ4v) is 1.60. The van der Waals surface area contributed by atoms with Gasteiger partial charge in [-0.15, -0.1) is 6.58 Å². The molecule has 0 saturated carbocycles. The molecule has 1 aliphatic heterocycles. The summed E-state index contributed by atoms with van der Waals surface area (Å²) >= 11 is 0. The smallest absolute Gasteiger partial charge is 0.330 e. The van der Waals surface area contributed by atoms with E-state index in [0.717, 1.165) is 18.6 Å². The van der Waals surface area contributed by atoms with Crippen LogP contribution in [-0.4, -0.2) is 25.3 Å². The Kier molecular flexibility index (Phi) is 3.69. The largest absolute Gasteiger partial charge is 0.466 e. The van der Waals surface area contributed by atoms with Gasteiger partial charge >= 0.3 is 5.97 Å². The van der Waals surface area contributed by atoms with Crippen LogP contribution in [0.1, 0.15) is 20.3 Å². The molecule has 0 bridgehead atoms. The lowest BCUT2D eigenvalue weighted by Gasteiger charge is -2.16. The van der Waals surface area contributed by atoms with Gasteiger partial charge in [-0.3, -0.25) is 0 Å². The zero-order valence-corrected chi connectivity index (χ0v) is 9.58. The molecule has 1 fully saturated rings. The van der Waals surface area contributed by atoms with Crippen molar-refractivity contribution in [2.45, 2.75) is 25.9 Å². The Labute approximate surface area is 90.8 Å². The maximum absolute atomic E-state index is 10.9. The maximum Gasteiger partial charge on any atom is 0.330 e. The summed E-state index contributed by atoms with van der Waals surface area (Å²) in [6.45, 7) is 8.64. The number of hydrogen-bond acceptors (Lipinski definition) is 3. The summed E-state index contributed by atoms with van der Waals surface area (Å²) in [5.74, 6) is -0.124. The highest BCUT2D eigenvalue weighted by atomic mass is 16.6. The lowest BCUT2D eigenvalue weighted by molar-refractivity contribution is -0.134. The molecular formula is C12H18O3. The molecule has 0 aromatic carbocycles. The molecule has 0 spiro atoms. The van der Waals surface area contributed by atoms with Gasteiger partial charge in [-0.25, -0.2) is 4.79 Å². The van der Waals surface area contributed by atoms with Crippen molar-refractivity contribution in [3.05, 3.63) is 24.3 Å². The van der Waals surface area contributed by atoms with Gasteiger partial charge in [-0.2, -0.15) is 0 Å². The van der Waals surface area contributed by atoms with Crippen LogP contribution in [0.5, 0.6) is 0 Å². The molecule has 1 rings (SSSR count). The normalized spacial score (nSPS) is 26.3. The molecule has 0 radical (unpaired) electrons. The van der Waals surface area contributed by atoms with Crippen molar-refractivity contribution in [1.82, 2.24) is 0 Å². The van der Waals surface area contributed by atoms with E-state index in [1.54, 1.807) is 0 Å². The second-order valence-corrected chi connectivity index (χ2v) is 4.16. The van der Waals surface area contributed by atoms with E-state index in [1.165, 1.54) is 13.2 Å². The van der Waals surface area contributed by atoms with Crippen molar-refractivity contribution in [2.24, 2.45) is 5.92 Å². The summed E-state index contributed by atoms with van der Waals surface area (Å²) in [4.78, 5) is 10.9. The van der Waals surface area contributed by atoms with E-state index in [2.05, 4.69) is 11.3 Å². The molecule has 1 saturated heterocycles. The van der Waals surface area contributed by atoms with Crippen LogP contribution in [0, 0.1) is 5.92 Å². The van der Waals surface area contributed by atoms with Crippen molar-refractivity contribution in [3.8, 4) is 0 Å². The van der Waals surface area contributed by atoms with Gasteiger partial charge < -0.3 is 9.47 Å². The van der Waals surface area contributed by atoms with Gasteiger partial charge in [-0.1, -0.05) is 18.6 Å². The third kappa shape index (κ3) is 3.20. The van der Waals surface area contributed by atoms with Crippen molar-refractivity contribution in [1.29, 1.82) is 0 Å². The van der Waals surface area contributed by atoms with Gasteiger partial charge in [0.2, 0.25) is 0 Å². The standard InChI is InChI=1S/C12H18O3/c1-9(2)7-12(8-15-12)10(3)5-6-11(13)14-4/h5-6,10H,1,7-8H2,2-4H3/b6-5+/t10-,12-/m1/s1. The van der Waals surface area contributed by atoms with E-state index in [0.29, 0.717) is 0 Å². The second kappa shape index (κ2) is 4.62. The molecule has 84 valence electrons. The molecular weight excluding hydrogens is 192 g/mol. The Morgan fingerprint density at radius 3 is 2.73 bits per heavy atom. The van der Waals surface area contributed by atoms with Gasteiger partial charge in [0.1, 0.15) is 5.60 Å². The Morgan fingerprint density at radius 1 is 1.73 bits per heavy atom. The van der Waals surface area contributed by atoms with E-state index in [-0.39, 0.29) is 17.5 Å². The minimum atomic E-state index is -0.326. The predicted octanol–water partition coefficient (Wildman–Crippen LogP) is 2.09. The van der Waals surface area contributed by atoms with Crippen LogP contribution in [0.15, 0.2) is 24.3 Å².